The van der Waals surface area contributed by atoms with Crippen LogP contribution in [0, 0.1) is 0 Å². The minimum atomic E-state index is 0.297. The van der Waals surface area contributed by atoms with Gasteiger partial charge >= 0.3 is 0 Å². The average molecular weight is 191 g/mol. The van der Waals surface area contributed by atoms with E-state index in [0.717, 1.165) is 0 Å². The quantitative estimate of drug-likeness (QED) is 0.687. The Labute approximate surface area is 80.4 Å². The van der Waals surface area contributed by atoms with Crippen molar-refractivity contribution in [3.63, 3.8) is 0 Å². The molecule has 0 fully saturated rings. The summed E-state index contributed by atoms with van der Waals surface area (Å²) in [5, 5.41) is 4.00. The maximum absolute atomic E-state index is 10.4. The number of carbonyl (C=O) groups excluding carboxylic acids is 1. The van der Waals surface area contributed by atoms with Gasteiger partial charge in [-0.05, 0) is 19.1 Å². The smallest absolute Gasteiger partial charge is 0.194 e. The zero-order valence-electron chi connectivity index (χ0n) is 7.67. The first-order chi connectivity index (χ1) is 6.85. The first-order valence-electron chi connectivity index (χ1n) is 4.28. The van der Waals surface area contributed by atoms with E-state index in [4.69, 9.17) is 4.42 Å². The molecule has 5 heteroatoms. The summed E-state index contributed by atoms with van der Waals surface area (Å²) in [7, 11) is 0. The van der Waals surface area contributed by atoms with Crippen molar-refractivity contribution in [2.24, 2.45) is 0 Å². The van der Waals surface area contributed by atoms with Crippen molar-refractivity contribution >= 4 is 6.29 Å². The molecule has 0 spiro atoms. The van der Waals surface area contributed by atoms with Gasteiger partial charge in [-0.3, -0.25) is 4.79 Å². The summed E-state index contributed by atoms with van der Waals surface area (Å²) in [4.78, 5) is 14.5. The molecule has 0 aliphatic heterocycles. The highest BCUT2D eigenvalue weighted by molar-refractivity contribution is 5.71. The predicted molar refractivity (Wildman–Crippen MR) is 48.8 cm³/mol. The molecule has 2 aromatic heterocycles. The molecule has 72 valence electrons. The average Bonchev–Trinajstić information content (AvgIpc) is 2.85. The van der Waals surface area contributed by atoms with Gasteiger partial charge in [0.2, 0.25) is 0 Å². The predicted octanol–water partition coefficient (Wildman–Crippen LogP) is 1.37. The number of hydrogen-bond donors (Lipinski definition) is 0. The molecule has 0 aliphatic carbocycles. The maximum atomic E-state index is 10.4. The van der Waals surface area contributed by atoms with Crippen LogP contribution in [0.5, 0.6) is 0 Å². The summed E-state index contributed by atoms with van der Waals surface area (Å²) in [6.45, 7) is 2.67. The maximum Gasteiger partial charge on any atom is 0.194 e. The van der Waals surface area contributed by atoms with Gasteiger partial charge in [-0.15, -0.1) is 0 Å². The number of hydrogen-bond acceptors (Lipinski definition) is 4. The van der Waals surface area contributed by atoms with Crippen LogP contribution in [0.15, 0.2) is 22.9 Å². The third kappa shape index (κ3) is 1.32. The molecular weight excluding hydrogens is 182 g/mol. The van der Waals surface area contributed by atoms with Crippen molar-refractivity contribution < 1.29 is 9.21 Å². The molecule has 2 heterocycles. The van der Waals surface area contributed by atoms with Gasteiger partial charge in [0.1, 0.15) is 6.33 Å². The lowest BCUT2D eigenvalue weighted by Gasteiger charge is -1.97. The number of rotatable bonds is 3. The van der Waals surface area contributed by atoms with E-state index in [1.807, 2.05) is 6.92 Å². The third-order valence-electron chi connectivity index (χ3n) is 1.88. The fourth-order valence-electron chi connectivity index (χ4n) is 1.22. The van der Waals surface area contributed by atoms with Crippen molar-refractivity contribution in [3.05, 3.63) is 24.2 Å². The van der Waals surface area contributed by atoms with Crippen molar-refractivity contribution in [2.75, 3.05) is 0 Å². The standard InChI is InChI=1S/C9H9N3O2/c1-2-12-9(10-6-11-12)8-4-3-7(5-13)14-8/h3-6H,2H2,1H3. The van der Waals surface area contributed by atoms with Gasteiger partial charge in [-0.25, -0.2) is 9.67 Å². The van der Waals surface area contributed by atoms with Gasteiger partial charge in [0.25, 0.3) is 0 Å². The molecule has 0 atom stereocenters. The fraction of sp³-hybridized carbons (Fsp3) is 0.222. The van der Waals surface area contributed by atoms with Gasteiger partial charge < -0.3 is 4.42 Å². The Hall–Kier alpha value is -1.91. The Morgan fingerprint density at radius 3 is 3.07 bits per heavy atom. The van der Waals surface area contributed by atoms with Crippen LogP contribution in [0.1, 0.15) is 17.5 Å². The molecule has 0 unspecified atom stereocenters. The molecule has 2 aromatic rings. The van der Waals surface area contributed by atoms with Gasteiger partial charge in [0.05, 0.1) is 0 Å². The highest BCUT2D eigenvalue weighted by Crippen LogP contribution is 2.18. The van der Waals surface area contributed by atoms with E-state index in [-0.39, 0.29) is 0 Å². The van der Waals surface area contributed by atoms with Crippen molar-refractivity contribution in [1.29, 1.82) is 0 Å². The first-order valence-corrected chi connectivity index (χ1v) is 4.28. The summed E-state index contributed by atoms with van der Waals surface area (Å²) in [6, 6.07) is 3.32. The molecule has 0 saturated heterocycles. The highest BCUT2D eigenvalue weighted by Gasteiger charge is 2.10. The SMILES string of the molecule is CCn1ncnc1-c1ccc(C=O)o1. The number of carbonyl (C=O) groups is 1. The van der Waals surface area contributed by atoms with Crippen molar-refractivity contribution in [1.82, 2.24) is 14.8 Å². The van der Waals surface area contributed by atoms with E-state index < -0.39 is 0 Å². The highest BCUT2D eigenvalue weighted by atomic mass is 16.3. The number of aryl methyl sites for hydroxylation is 1. The van der Waals surface area contributed by atoms with Crippen LogP contribution in [0.2, 0.25) is 0 Å². The Morgan fingerprint density at radius 1 is 1.57 bits per heavy atom. The Balaban J connectivity index is 2.43. The van der Waals surface area contributed by atoms with E-state index in [0.29, 0.717) is 30.2 Å². The Morgan fingerprint density at radius 2 is 2.43 bits per heavy atom. The summed E-state index contributed by atoms with van der Waals surface area (Å²) in [5.41, 5.74) is 0. The fourth-order valence-corrected chi connectivity index (χ4v) is 1.22. The van der Waals surface area contributed by atoms with Gasteiger partial charge in [0, 0.05) is 6.54 Å². The Kier molecular flexibility index (Phi) is 2.14. The van der Waals surface area contributed by atoms with Crippen LogP contribution >= 0.6 is 0 Å². The molecule has 0 saturated carbocycles. The summed E-state index contributed by atoms with van der Waals surface area (Å²) < 4.78 is 6.93. The van der Waals surface area contributed by atoms with Crippen LogP contribution in [-0.4, -0.2) is 21.1 Å². The van der Waals surface area contributed by atoms with E-state index >= 15 is 0 Å². The lowest BCUT2D eigenvalue weighted by molar-refractivity contribution is 0.110. The molecule has 0 N–H and O–H groups in total. The van der Waals surface area contributed by atoms with Crippen LogP contribution in [0.3, 0.4) is 0 Å². The molecule has 14 heavy (non-hydrogen) atoms. The first kappa shape index (κ1) is 8.68. The van der Waals surface area contributed by atoms with E-state index in [2.05, 4.69) is 10.1 Å². The van der Waals surface area contributed by atoms with Crippen LogP contribution in [0.4, 0.5) is 0 Å². The molecule has 0 aliphatic rings. The molecule has 0 bridgehead atoms. The Bertz CT molecular complexity index is 444. The summed E-state index contributed by atoms with van der Waals surface area (Å²) >= 11 is 0. The molecular formula is C9H9N3O2. The largest absolute Gasteiger partial charge is 0.450 e. The number of aromatic nitrogens is 3. The summed E-state index contributed by atoms with van der Waals surface area (Å²) in [5.74, 6) is 1.50. The number of aldehydes is 1. The normalized spacial score (nSPS) is 10.4. The van der Waals surface area contributed by atoms with Gasteiger partial charge in [-0.1, -0.05) is 0 Å². The number of furan rings is 1. The van der Waals surface area contributed by atoms with Crippen LogP contribution in [-0.2, 0) is 6.54 Å². The van der Waals surface area contributed by atoms with Gasteiger partial charge in [0.15, 0.2) is 23.6 Å². The zero-order valence-corrected chi connectivity index (χ0v) is 7.67. The molecule has 2 rings (SSSR count). The molecule has 0 radical (unpaired) electrons. The second-order valence-corrected chi connectivity index (χ2v) is 2.72. The minimum Gasteiger partial charge on any atom is -0.450 e. The number of nitrogens with zero attached hydrogens (tertiary/aromatic N) is 3. The minimum absolute atomic E-state index is 0.297. The van der Waals surface area contributed by atoms with Gasteiger partial charge in [-0.2, -0.15) is 5.10 Å². The topological polar surface area (TPSA) is 60.9 Å². The van der Waals surface area contributed by atoms with E-state index in [1.54, 1.807) is 16.8 Å². The van der Waals surface area contributed by atoms with Crippen LogP contribution in [0.25, 0.3) is 11.6 Å². The molecule has 5 nitrogen and oxygen atoms in total. The second-order valence-electron chi connectivity index (χ2n) is 2.72. The van der Waals surface area contributed by atoms with Crippen molar-refractivity contribution in [2.45, 2.75) is 13.5 Å². The monoisotopic (exact) mass is 191 g/mol. The van der Waals surface area contributed by atoms with Crippen LogP contribution < -0.4 is 0 Å². The summed E-state index contributed by atoms with van der Waals surface area (Å²) in [6.07, 6.45) is 2.12. The third-order valence-corrected chi connectivity index (χ3v) is 1.88. The second kappa shape index (κ2) is 3.45. The van der Waals surface area contributed by atoms with Crippen molar-refractivity contribution in [3.8, 4) is 11.6 Å². The molecule has 0 aromatic carbocycles. The zero-order chi connectivity index (χ0) is 9.97. The lowest BCUT2D eigenvalue weighted by atomic mass is 10.4. The lowest BCUT2D eigenvalue weighted by Crippen LogP contribution is -1.98. The van der Waals surface area contributed by atoms with E-state index in [9.17, 15) is 4.79 Å². The van der Waals surface area contributed by atoms with E-state index in [1.165, 1.54) is 6.33 Å². The molecule has 0 amide bonds.